The molecule has 0 spiro atoms. The van der Waals surface area contributed by atoms with E-state index >= 15 is 0 Å². The number of aromatic carboxylic acids is 1. The van der Waals surface area contributed by atoms with Crippen molar-refractivity contribution in [2.75, 3.05) is 0 Å². The topological polar surface area (TPSA) is 98.2 Å². The molecule has 3 aromatic heterocycles. The number of aromatic nitrogens is 3. The van der Waals surface area contributed by atoms with E-state index in [-0.39, 0.29) is 17.0 Å². The van der Waals surface area contributed by atoms with Crippen LogP contribution in [-0.2, 0) is 6.54 Å². The molecule has 0 saturated heterocycles. The molecule has 0 unspecified atom stereocenters. The summed E-state index contributed by atoms with van der Waals surface area (Å²) in [6.45, 7) is 3.62. The van der Waals surface area contributed by atoms with Crippen molar-refractivity contribution in [3.63, 3.8) is 0 Å². The second-order valence-corrected chi connectivity index (χ2v) is 5.65. The minimum Gasteiger partial charge on any atom is -0.477 e. The van der Waals surface area contributed by atoms with Crippen LogP contribution in [0.3, 0.4) is 0 Å². The Hall–Kier alpha value is -2.48. The Morgan fingerprint density at radius 2 is 2.24 bits per heavy atom. The van der Waals surface area contributed by atoms with Gasteiger partial charge in [0.2, 0.25) is 0 Å². The van der Waals surface area contributed by atoms with Crippen LogP contribution in [0.5, 0.6) is 0 Å². The average molecular weight is 305 g/mol. The molecule has 0 aromatic carbocycles. The van der Waals surface area contributed by atoms with E-state index in [0.29, 0.717) is 27.2 Å². The van der Waals surface area contributed by atoms with Crippen molar-refractivity contribution in [2.45, 2.75) is 20.4 Å². The Bertz CT molecular complexity index is 906. The van der Waals surface area contributed by atoms with Gasteiger partial charge in [0.15, 0.2) is 0 Å². The molecule has 0 atom stereocenters. The van der Waals surface area contributed by atoms with Crippen LogP contribution in [-0.4, -0.2) is 25.8 Å². The first-order valence-electron chi connectivity index (χ1n) is 6.11. The van der Waals surface area contributed by atoms with Crippen molar-refractivity contribution in [1.29, 1.82) is 0 Å². The summed E-state index contributed by atoms with van der Waals surface area (Å²) in [6, 6.07) is 1.74. The van der Waals surface area contributed by atoms with Crippen molar-refractivity contribution in [3.8, 4) is 0 Å². The van der Waals surface area contributed by atoms with Gasteiger partial charge < -0.3 is 9.63 Å². The van der Waals surface area contributed by atoms with Gasteiger partial charge in [-0.3, -0.25) is 9.36 Å². The number of thiophene rings is 1. The van der Waals surface area contributed by atoms with E-state index in [0.717, 1.165) is 11.3 Å². The third-order valence-electron chi connectivity index (χ3n) is 3.12. The van der Waals surface area contributed by atoms with E-state index in [2.05, 4.69) is 10.1 Å². The molecule has 1 N–H and O–H groups in total. The van der Waals surface area contributed by atoms with Gasteiger partial charge in [-0.2, -0.15) is 0 Å². The van der Waals surface area contributed by atoms with Crippen molar-refractivity contribution in [2.24, 2.45) is 0 Å². The lowest BCUT2D eigenvalue weighted by Crippen LogP contribution is -2.21. The summed E-state index contributed by atoms with van der Waals surface area (Å²) in [6.07, 6.45) is 1.40. The summed E-state index contributed by atoms with van der Waals surface area (Å²) in [7, 11) is 0. The number of aryl methyl sites for hydroxylation is 2. The standard InChI is InChI=1S/C13H11N3O4S/c1-6-3-8(15-20-6)4-16-5-14-11-9(12(16)17)7(2)10(21-11)13(18)19/h3,5H,4H2,1-2H3,(H,18,19). The molecule has 0 fully saturated rings. The zero-order chi connectivity index (χ0) is 15.1. The van der Waals surface area contributed by atoms with Gasteiger partial charge in [0.05, 0.1) is 18.3 Å². The number of carboxylic acids is 1. The lowest BCUT2D eigenvalue weighted by atomic mass is 10.2. The molecule has 0 aliphatic heterocycles. The predicted octanol–water partition coefficient (Wildman–Crippen LogP) is 1.81. The largest absolute Gasteiger partial charge is 0.477 e. The molecule has 21 heavy (non-hydrogen) atoms. The number of fused-ring (bicyclic) bond motifs is 1. The zero-order valence-electron chi connectivity index (χ0n) is 11.3. The maximum atomic E-state index is 12.5. The minimum atomic E-state index is -1.05. The van der Waals surface area contributed by atoms with Gasteiger partial charge in [-0.05, 0) is 19.4 Å². The summed E-state index contributed by atoms with van der Waals surface area (Å²) in [5.74, 6) is -0.388. The number of rotatable bonds is 3. The summed E-state index contributed by atoms with van der Waals surface area (Å²) in [4.78, 5) is 28.4. The van der Waals surface area contributed by atoms with Gasteiger partial charge in [-0.1, -0.05) is 5.16 Å². The third-order valence-corrected chi connectivity index (χ3v) is 4.31. The molecule has 0 bridgehead atoms. The molecule has 8 heteroatoms. The molecule has 3 heterocycles. The highest BCUT2D eigenvalue weighted by Crippen LogP contribution is 2.26. The van der Waals surface area contributed by atoms with Gasteiger partial charge in [0.1, 0.15) is 21.2 Å². The molecule has 0 amide bonds. The van der Waals surface area contributed by atoms with E-state index < -0.39 is 5.97 Å². The van der Waals surface area contributed by atoms with Crippen LogP contribution in [0.25, 0.3) is 10.2 Å². The van der Waals surface area contributed by atoms with Crippen LogP contribution in [0.4, 0.5) is 0 Å². The Kier molecular flexibility index (Phi) is 3.09. The molecule has 0 saturated carbocycles. The van der Waals surface area contributed by atoms with Gasteiger partial charge in [-0.25, -0.2) is 9.78 Å². The lowest BCUT2D eigenvalue weighted by Gasteiger charge is -2.02. The second-order valence-electron chi connectivity index (χ2n) is 4.65. The second kappa shape index (κ2) is 4.81. The molecule has 0 aliphatic rings. The van der Waals surface area contributed by atoms with Gasteiger partial charge in [0, 0.05) is 6.07 Å². The highest BCUT2D eigenvalue weighted by Gasteiger charge is 2.19. The van der Waals surface area contributed by atoms with E-state index in [1.54, 1.807) is 19.9 Å². The third kappa shape index (κ3) is 2.23. The normalized spacial score (nSPS) is 11.1. The first-order chi connectivity index (χ1) is 9.97. The van der Waals surface area contributed by atoms with Crippen LogP contribution >= 0.6 is 11.3 Å². The van der Waals surface area contributed by atoms with Gasteiger partial charge in [0.25, 0.3) is 5.56 Å². The van der Waals surface area contributed by atoms with Crippen LogP contribution < -0.4 is 5.56 Å². The Balaban J connectivity index is 2.13. The number of nitrogens with zero attached hydrogens (tertiary/aromatic N) is 3. The van der Waals surface area contributed by atoms with Crippen LogP contribution in [0.1, 0.15) is 26.7 Å². The first-order valence-corrected chi connectivity index (χ1v) is 6.93. The summed E-state index contributed by atoms with van der Waals surface area (Å²) >= 11 is 1.01. The molecule has 7 nitrogen and oxygen atoms in total. The minimum absolute atomic E-state index is 0.143. The lowest BCUT2D eigenvalue weighted by molar-refractivity contribution is 0.0701. The number of hydrogen-bond donors (Lipinski definition) is 1. The fourth-order valence-electron chi connectivity index (χ4n) is 2.14. The van der Waals surface area contributed by atoms with Crippen molar-refractivity contribution in [3.05, 3.63) is 44.6 Å². The first kappa shape index (κ1) is 13.5. The van der Waals surface area contributed by atoms with Crippen LogP contribution in [0, 0.1) is 13.8 Å². The molecular weight excluding hydrogens is 294 g/mol. The van der Waals surface area contributed by atoms with E-state index in [9.17, 15) is 9.59 Å². The molecule has 108 valence electrons. The molecule has 3 rings (SSSR count). The van der Waals surface area contributed by atoms with Crippen molar-refractivity contribution >= 4 is 27.5 Å². The van der Waals surface area contributed by atoms with E-state index in [1.807, 2.05) is 0 Å². The van der Waals surface area contributed by atoms with E-state index in [4.69, 9.17) is 9.63 Å². The average Bonchev–Trinajstić information content (AvgIpc) is 2.97. The predicted molar refractivity (Wildman–Crippen MR) is 75.9 cm³/mol. The quantitative estimate of drug-likeness (QED) is 0.792. The highest BCUT2D eigenvalue weighted by atomic mass is 32.1. The Morgan fingerprint density at radius 3 is 2.86 bits per heavy atom. The number of carbonyl (C=O) groups is 1. The van der Waals surface area contributed by atoms with E-state index in [1.165, 1.54) is 10.9 Å². The molecule has 0 aliphatic carbocycles. The summed E-state index contributed by atoms with van der Waals surface area (Å²) in [5.41, 5.74) is 0.787. The number of carboxylic acid groups (broad SMARTS) is 1. The maximum absolute atomic E-state index is 12.5. The van der Waals surface area contributed by atoms with Crippen molar-refractivity contribution < 1.29 is 14.4 Å². The molecule has 0 radical (unpaired) electrons. The van der Waals surface area contributed by atoms with Gasteiger partial charge >= 0.3 is 5.97 Å². The smallest absolute Gasteiger partial charge is 0.346 e. The SMILES string of the molecule is Cc1cc(Cn2cnc3sc(C(=O)O)c(C)c3c2=O)no1. The summed E-state index contributed by atoms with van der Waals surface area (Å²) < 4.78 is 6.36. The van der Waals surface area contributed by atoms with Crippen molar-refractivity contribution in [1.82, 2.24) is 14.7 Å². The Morgan fingerprint density at radius 1 is 1.48 bits per heavy atom. The fraction of sp³-hybridized carbons (Fsp3) is 0.231. The Labute approximate surface area is 122 Å². The molecular formula is C13H11N3O4S. The highest BCUT2D eigenvalue weighted by molar-refractivity contribution is 7.20. The molecule has 3 aromatic rings. The monoisotopic (exact) mass is 305 g/mol. The van der Waals surface area contributed by atoms with Crippen LogP contribution in [0.15, 0.2) is 21.7 Å². The maximum Gasteiger partial charge on any atom is 0.346 e. The van der Waals surface area contributed by atoms with Gasteiger partial charge in [-0.15, -0.1) is 11.3 Å². The fourth-order valence-corrected chi connectivity index (χ4v) is 3.12. The summed E-state index contributed by atoms with van der Waals surface area (Å²) in [5, 5.41) is 13.3. The number of hydrogen-bond acceptors (Lipinski definition) is 6. The van der Waals surface area contributed by atoms with Crippen LogP contribution in [0.2, 0.25) is 0 Å². The zero-order valence-corrected chi connectivity index (χ0v) is 12.1.